The number of aromatic nitrogens is 4. The number of H-pyrrole nitrogens is 1. The molecule has 2 aromatic heterocycles. The zero-order chi connectivity index (χ0) is 13.3. The maximum absolute atomic E-state index is 9.73. The van der Waals surface area contributed by atoms with Gasteiger partial charge in [-0.05, 0) is 12.8 Å². The van der Waals surface area contributed by atoms with Gasteiger partial charge in [-0.3, -0.25) is 0 Å². The Morgan fingerprint density at radius 3 is 2.84 bits per heavy atom. The number of aliphatic hydroxyl groups excluding tert-OH is 1. The summed E-state index contributed by atoms with van der Waals surface area (Å²) in [5.74, 6) is 0.807. The van der Waals surface area contributed by atoms with Crippen molar-refractivity contribution >= 4 is 22.9 Å². The molecule has 2 aromatic rings. The van der Waals surface area contributed by atoms with Crippen LogP contribution in [-0.2, 0) is 0 Å². The Kier molecular flexibility index (Phi) is 2.98. The van der Waals surface area contributed by atoms with Gasteiger partial charge in [0.15, 0.2) is 11.5 Å². The number of hydrogen-bond acceptors (Lipinski definition) is 6. The molecule has 3 rings (SSSR count). The van der Waals surface area contributed by atoms with Crippen molar-refractivity contribution in [2.75, 3.05) is 17.7 Å². The molecular formula is C12H18N6O. The Morgan fingerprint density at radius 2 is 2.11 bits per heavy atom. The molecular weight excluding hydrogens is 244 g/mol. The van der Waals surface area contributed by atoms with Crippen molar-refractivity contribution in [1.29, 1.82) is 0 Å². The standard InChI is InChI=1S/C12H18N6O/c13-11-16-9-8(14-7-15-9)10(17-11)18-12(6-19)4-2-1-3-5-12/h7,19H,1-6H2,(H4,13,14,15,16,17,18). The first kappa shape index (κ1) is 12.2. The zero-order valence-corrected chi connectivity index (χ0v) is 10.7. The van der Waals surface area contributed by atoms with Gasteiger partial charge in [-0.1, -0.05) is 19.3 Å². The molecule has 0 bridgehead atoms. The molecule has 1 fully saturated rings. The molecule has 0 spiro atoms. The highest BCUT2D eigenvalue weighted by Gasteiger charge is 2.32. The average Bonchev–Trinajstić information content (AvgIpc) is 2.88. The van der Waals surface area contributed by atoms with Gasteiger partial charge in [0.25, 0.3) is 0 Å². The van der Waals surface area contributed by atoms with Crippen LogP contribution in [0.25, 0.3) is 11.2 Å². The summed E-state index contributed by atoms with van der Waals surface area (Å²) in [6.45, 7) is 0.0898. The molecule has 1 aliphatic carbocycles. The highest BCUT2D eigenvalue weighted by Crippen LogP contribution is 2.32. The van der Waals surface area contributed by atoms with Crippen molar-refractivity contribution in [3.05, 3.63) is 6.33 Å². The van der Waals surface area contributed by atoms with Gasteiger partial charge in [0, 0.05) is 0 Å². The number of anilines is 2. The van der Waals surface area contributed by atoms with E-state index < -0.39 is 0 Å². The largest absolute Gasteiger partial charge is 0.394 e. The van der Waals surface area contributed by atoms with E-state index in [9.17, 15) is 5.11 Å². The van der Waals surface area contributed by atoms with Crippen LogP contribution in [0.1, 0.15) is 32.1 Å². The van der Waals surface area contributed by atoms with E-state index in [2.05, 4.69) is 25.3 Å². The first-order valence-electron chi connectivity index (χ1n) is 6.58. The predicted octanol–water partition coefficient (Wildman–Crippen LogP) is 1.04. The number of nitrogens with zero attached hydrogens (tertiary/aromatic N) is 3. The van der Waals surface area contributed by atoms with E-state index in [4.69, 9.17) is 5.73 Å². The van der Waals surface area contributed by atoms with E-state index in [0.29, 0.717) is 11.5 Å². The van der Waals surface area contributed by atoms with E-state index >= 15 is 0 Å². The Hall–Kier alpha value is -1.89. The van der Waals surface area contributed by atoms with Crippen molar-refractivity contribution in [1.82, 2.24) is 19.9 Å². The maximum Gasteiger partial charge on any atom is 0.224 e. The van der Waals surface area contributed by atoms with E-state index in [1.54, 1.807) is 6.33 Å². The van der Waals surface area contributed by atoms with Crippen LogP contribution in [0.5, 0.6) is 0 Å². The van der Waals surface area contributed by atoms with Gasteiger partial charge >= 0.3 is 0 Å². The fourth-order valence-electron chi connectivity index (χ4n) is 2.74. The molecule has 0 amide bonds. The minimum absolute atomic E-state index is 0.0898. The second-order valence-corrected chi connectivity index (χ2v) is 5.16. The summed E-state index contributed by atoms with van der Waals surface area (Å²) in [4.78, 5) is 15.4. The molecule has 7 nitrogen and oxygen atoms in total. The fraction of sp³-hybridized carbons (Fsp3) is 0.583. The molecule has 0 aromatic carbocycles. The van der Waals surface area contributed by atoms with E-state index in [1.165, 1.54) is 6.42 Å². The first-order chi connectivity index (χ1) is 9.22. The van der Waals surface area contributed by atoms with Crippen LogP contribution in [0.4, 0.5) is 11.8 Å². The third kappa shape index (κ3) is 2.21. The molecule has 0 saturated heterocycles. The van der Waals surface area contributed by atoms with E-state index in [-0.39, 0.29) is 18.1 Å². The summed E-state index contributed by atoms with van der Waals surface area (Å²) in [7, 11) is 0. The number of hydrogen-bond donors (Lipinski definition) is 4. The summed E-state index contributed by atoms with van der Waals surface area (Å²) >= 11 is 0. The van der Waals surface area contributed by atoms with Crippen molar-refractivity contribution in [3.8, 4) is 0 Å². The van der Waals surface area contributed by atoms with Crippen molar-refractivity contribution in [2.24, 2.45) is 0 Å². The summed E-state index contributed by atoms with van der Waals surface area (Å²) in [6, 6.07) is 0. The second kappa shape index (κ2) is 4.65. The average molecular weight is 262 g/mol. The Morgan fingerprint density at radius 1 is 1.32 bits per heavy atom. The molecule has 0 aliphatic heterocycles. The highest BCUT2D eigenvalue weighted by atomic mass is 16.3. The normalized spacial score (nSPS) is 18.6. The van der Waals surface area contributed by atoms with E-state index in [0.717, 1.165) is 31.2 Å². The highest BCUT2D eigenvalue weighted by molar-refractivity contribution is 5.83. The molecule has 2 heterocycles. The SMILES string of the molecule is Nc1nc(NC2(CO)CCCCC2)c2[nH]cnc2n1. The lowest BCUT2D eigenvalue weighted by Crippen LogP contribution is -2.44. The number of aromatic amines is 1. The molecule has 7 heteroatoms. The molecule has 0 unspecified atom stereocenters. The number of rotatable bonds is 3. The van der Waals surface area contributed by atoms with Gasteiger partial charge in [-0.25, -0.2) is 4.98 Å². The smallest absolute Gasteiger partial charge is 0.224 e. The van der Waals surface area contributed by atoms with Crippen LogP contribution in [0.2, 0.25) is 0 Å². The number of aliphatic hydroxyl groups is 1. The van der Waals surface area contributed by atoms with Gasteiger partial charge in [0.05, 0.1) is 18.5 Å². The minimum Gasteiger partial charge on any atom is -0.394 e. The molecule has 0 radical (unpaired) electrons. The molecule has 0 atom stereocenters. The van der Waals surface area contributed by atoms with Gasteiger partial charge in [0.1, 0.15) is 5.52 Å². The first-order valence-corrected chi connectivity index (χ1v) is 6.58. The molecule has 1 aliphatic rings. The second-order valence-electron chi connectivity index (χ2n) is 5.16. The number of nitrogens with two attached hydrogens (primary N) is 1. The minimum atomic E-state index is -0.308. The summed E-state index contributed by atoms with van der Waals surface area (Å²) in [6.07, 6.45) is 6.87. The summed E-state index contributed by atoms with van der Waals surface area (Å²) in [5, 5.41) is 13.1. The number of nitrogen functional groups attached to an aromatic ring is 1. The van der Waals surface area contributed by atoms with Crippen LogP contribution in [0.3, 0.4) is 0 Å². The summed E-state index contributed by atoms with van der Waals surface area (Å²) < 4.78 is 0. The third-order valence-electron chi connectivity index (χ3n) is 3.80. The lowest BCUT2D eigenvalue weighted by molar-refractivity contribution is 0.172. The zero-order valence-electron chi connectivity index (χ0n) is 10.7. The van der Waals surface area contributed by atoms with Crippen molar-refractivity contribution in [2.45, 2.75) is 37.6 Å². The van der Waals surface area contributed by atoms with Crippen molar-refractivity contribution < 1.29 is 5.11 Å². The van der Waals surface area contributed by atoms with Crippen LogP contribution < -0.4 is 11.1 Å². The molecule has 5 N–H and O–H groups in total. The fourth-order valence-corrected chi connectivity index (χ4v) is 2.74. The van der Waals surface area contributed by atoms with Crippen LogP contribution in [0.15, 0.2) is 6.33 Å². The van der Waals surface area contributed by atoms with Crippen molar-refractivity contribution in [3.63, 3.8) is 0 Å². The monoisotopic (exact) mass is 262 g/mol. The third-order valence-corrected chi connectivity index (χ3v) is 3.80. The Bertz CT molecular complexity index is 575. The van der Waals surface area contributed by atoms with Crippen LogP contribution >= 0.6 is 0 Å². The molecule has 102 valence electrons. The van der Waals surface area contributed by atoms with Gasteiger partial charge in [-0.15, -0.1) is 0 Å². The maximum atomic E-state index is 9.73. The van der Waals surface area contributed by atoms with Crippen LogP contribution in [-0.4, -0.2) is 37.2 Å². The van der Waals surface area contributed by atoms with Gasteiger partial charge < -0.3 is 21.1 Å². The van der Waals surface area contributed by atoms with E-state index in [1.807, 2.05) is 0 Å². The topological polar surface area (TPSA) is 113 Å². The predicted molar refractivity (Wildman–Crippen MR) is 72.6 cm³/mol. The lowest BCUT2D eigenvalue weighted by Gasteiger charge is -2.36. The van der Waals surface area contributed by atoms with Gasteiger partial charge in [0.2, 0.25) is 5.95 Å². The number of nitrogens with one attached hydrogen (secondary N) is 2. The van der Waals surface area contributed by atoms with Gasteiger partial charge in [-0.2, -0.15) is 9.97 Å². The molecule has 19 heavy (non-hydrogen) atoms. The van der Waals surface area contributed by atoms with Crippen LogP contribution in [0, 0.1) is 0 Å². The molecule has 1 saturated carbocycles. The number of imidazole rings is 1. The Labute approximate surface area is 110 Å². The quantitative estimate of drug-likeness (QED) is 0.657. The Balaban J connectivity index is 1.97. The summed E-state index contributed by atoms with van der Waals surface area (Å²) in [5.41, 5.74) is 6.66. The lowest BCUT2D eigenvalue weighted by atomic mass is 9.82. The number of fused-ring (bicyclic) bond motifs is 1.